The standard InChI is InChI=1S/C22H21N5O3/c1-14(28)23-17-6-4-5-15(11-17)16-7-10-21-25-22(26-27(21)13-16)24-19-12-18(29-2)8-9-20(19)30-3/h4-13H,1-3H3,(H,23,28)(H,24,26). The zero-order valence-corrected chi connectivity index (χ0v) is 16.8. The lowest BCUT2D eigenvalue weighted by atomic mass is 10.1. The van der Waals surface area contributed by atoms with Gasteiger partial charge in [-0.2, -0.15) is 4.98 Å². The molecule has 8 nitrogen and oxygen atoms in total. The monoisotopic (exact) mass is 403 g/mol. The van der Waals surface area contributed by atoms with Crippen molar-refractivity contribution in [3.8, 4) is 22.6 Å². The number of fused-ring (bicyclic) bond motifs is 1. The van der Waals surface area contributed by atoms with Gasteiger partial charge >= 0.3 is 0 Å². The maximum atomic E-state index is 11.3. The van der Waals surface area contributed by atoms with Crippen LogP contribution in [0.25, 0.3) is 16.8 Å². The van der Waals surface area contributed by atoms with Gasteiger partial charge in [-0.1, -0.05) is 12.1 Å². The first kappa shape index (κ1) is 19.3. The van der Waals surface area contributed by atoms with Crippen LogP contribution in [0.3, 0.4) is 0 Å². The molecule has 0 aliphatic rings. The van der Waals surface area contributed by atoms with Gasteiger partial charge in [0.2, 0.25) is 11.9 Å². The van der Waals surface area contributed by atoms with E-state index >= 15 is 0 Å². The molecule has 0 bridgehead atoms. The van der Waals surface area contributed by atoms with Gasteiger partial charge in [0.1, 0.15) is 11.5 Å². The number of methoxy groups -OCH3 is 2. The fraction of sp³-hybridized carbons (Fsp3) is 0.136. The second-order valence-electron chi connectivity index (χ2n) is 6.61. The van der Waals surface area contributed by atoms with Gasteiger partial charge in [-0.25, -0.2) is 4.52 Å². The van der Waals surface area contributed by atoms with Crippen LogP contribution >= 0.6 is 0 Å². The Morgan fingerprint density at radius 3 is 2.63 bits per heavy atom. The van der Waals surface area contributed by atoms with Crippen LogP contribution in [0.15, 0.2) is 60.8 Å². The molecule has 0 spiro atoms. The lowest BCUT2D eigenvalue weighted by Crippen LogP contribution is -2.05. The number of ether oxygens (including phenoxy) is 2. The number of carbonyl (C=O) groups excluding carboxylic acids is 1. The minimum absolute atomic E-state index is 0.109. The van der Waals surface area contributed by atoms with E-state index in [2.05, 4.69) is 20.7 Å². The van der Waals surface area contributed by atoms with Gasteiger partial charge in [0.25, 0.3) is 0 Å². The van der Waals surface area contributed by atoms with Gasteiger partial charge in [-0.3, -0.25) is 4.79 Å². The molecule has 0 saturated heterocycles. The molecule has 152 valence electrons. The van der Waals surface area contributed by atoms with Gasteiger partial charge in [-0.15, -0.1) is 5.10 Å². The number of amides is 1. The number of nitrogens with one attached hydrogen (secondary N) is 2. The minimum atomic E-state index is -0.109. The Morgan fingerprint density at radius 2 is 1.87 bits per heavy atom. The molecule has 30 heavy (non-hydrogen) atoms. The van der Waals surface area contributed by atoms with Crippen molar-refractivity contribution in [3.63, 3.8) is 0 Å². The summed E-state index contributed by atoms with van der Waals surface area (Å²) in [6.07, 6.45) is 1.89. The third-order valence-corrected chi connectivity index (χ3v) is 4.50. The predicted molar refractivity (Wildman–Crippen MR) is 116 cm³/mol. The minimum Gasteiger partial charge on any atom is -0.497 e. The van der Waals surface area contributed by atoms with Crippen molar-refractivity contribution in [1.29, 1.82) is 0 Å². The molecule has 0 fully saturated rings. The highest BCUT2D eigenvalue weighted by molar-refractivity contribution is 5.89. The van der Waals surface area contributed by atoms with E-state index in [1.165, 1.54) is 6.92 Å². The number of rotatable bonds is 6. The smallest absolute Gasteiger partial charge is 0.247 e. The van der Waals surface area contributed by atoms with E-state index in [-0.39, 0.29) is 5.91 Å². The van der Waals surface area contributed by atoms with Crippen LogP contribution in [0, 0.1) is 0 Å². The summed E-state index contributed by atoms with van der Waals surface area (Å²) in [6.45, 7) is 1.49. The number of nitrogens with zero attached hydrogens (tertiary/aromatic N) is 3. The van der Waals surface area contributed by atoms with E-state index in [9.17, 15) is 4.79 Å². The Hall–Kier alpha value is -4.07. The molecule has 0 aliphatic heterocycles. The van der Waals surface area contributed by atoms with Crippen molar-refractivity contribution in [2.75, 3.05) is 24.9 Å². The molecule has 4 aromatic rings. The molecule has 2 aromatic heterocycles. The summed E-state index contributed by atoms with van der Waals surface area (Å²) in [5.74, 6) is 1.68. The number of pyridine rings is 1. The first-order valence-corrected chi connectivity index (χ1v) is 9.29. The number of anilines is 3. The lowest BCUT2D eigenvalue weighted by Gasteiger charge is -2.10. The van der Waals surface area contributed by atoms with Crippen molar-refractivity contribution < 1.29 is 14.3 Å². The number of benzene rings is 2. The van der Waals surface area contributed by atoms with Gasteiger partial charge in [-0.05, 0) is 42.0 Å². The van der Waals surface area contributed by atoms with E-state index in [1.807, 2.05) is 60.8 Å². The van der Waals surface area contributed by atoms with Crippen molar-refractivity contribution in [1.82, 2.24) is 14.6 Å². The van der Waals surface area contributed by atoms with E-state index in [1.54, 1.807) is 18.7 Å². The summed E-state index contributed by atoms with van der Waals surface area (Å²) < 4.78 is 12.4. The molecule has 1 amide bonds. The van der Waals surface area contributed by atoms with Crippen LogP contribution in [-0.2, 0) is 4.79 Å². The molecule has 0 saturated carbocycles. The number of hydrogen-bond donors (Lipinski definition) is 2. The molecule has 8 heteroatoms. The number of aromatic nitrogens is 3. The Morgan fingerprint density at radius 1 is 1.00 bits per heavy atom. The van der Waals surface area contributed by atoms with E-state index in [0.29, 0.717) is 28.8 Å². The summed E-state index contributed by atoms with van der Waals surface area (Å²) in [5.41, 5.74) is 4.05. The topological polar surface area (TPSA) is 89.8 Å². The van der Waals surface area contributed by atoms with Gasteiger partial charge in [0.15, 0.2) is 5.65 Å². The fourth-order valence-electron chi connectivity index (χ4n) is 3.12. The Balaban J connectivity index is 1.64. The Bertz CT molecular complexity index is 1220. The maximum absolute atomic E-state index is 11.3. The Kier molecular flexibility index (Phi) is 5.21. The molecular weight excluding hydrogens is 382 g/mol. The quantitative estimate of drug-likeness (QED) is 0.503. The molecule has 2 aromatic carbocycles. The molecule has 0 aliphatic carbocycles. The predicted octanol–water partition coefficient (Wildman–Crippen LogP) is 4.12. The van der Waals surface area contributed by atoms with Crippen LogP contribution in [0.4, 0.5) is 17.3 Å². The van der Waals surface area contributed by atoms with Crippen molar-refractivity contribution in [2.24, 2.45) is 0 Å². The largest absolute Gasteiger partial charge is 0.497 e. The third kappa shape index (κ3) is 4.02. The summed E-state index contributed by atoms with van der Waals surface area (Å²) in [6, 6.07) is 17.0. The molecule has 2 heterocycles. The van der Waals surface area contributed by atoms with Crippen LogP contribution in [0.1, 0.15) is 6.92 Å². The van der Waals surface area contributed by atoms with Gasteiger partial charge < -0.3 is 20.1 Å². The van der Waals surface area contributed by atoms with Crippen molar-refractivity contribution >= 4 is 28.9 Å². The summed E-state index contributed by atoms with van der Waals surface area (Å²) >= 11 is 0. The van der Waals surface area contributed by atoms with Crippen LogP contribution in [0.2, 0.25) is 0 Å². The maximum Gasteiger partial charge on any atom is 0.247 e. The second-order valence-corrected chi connectivity index (χ2v) is 6.61. The Labute approximate surface area is 173 Å². The zero-order valence-electron chi connectivity index (χ0n) is 16.8. The van der Waals surface area contributed by atoms with Crippen LogP contribution < -0.4 is 20.1 Å². The molecule has 0 atom stereocenters. The first-order valence-electron chi connectivity index (χ1n) is 9.29. The highest BCUT2D eigenvalue weighted by Gasteiger charge is 2.10. The second kappa shape index (κ2) is 8.12. The zero-order chi connectivity index (χ0) is 21.1. The molecular formula is C22H21N5O3. The van der Waals surface area contributed by atoms with Crippen molar-refractivity contribution in [3.05, 3.63) is 60.8 Å². The normalized spacial score (nSPS) is 10.6. The molecule has 2 N–H and O–H groups in total. The van der Waals surface area contributed by atoms with E-state index in [0.717, 1.165) is 16.8 Å². The van der Waals surface area contributed by atoms with Crippen LogP contribution in [-0.4, -0.2) is 34.7 Å². The summed E-state index contributed by atoms with van der Waals surface area (Å²) in [4.78, 5) is 15.8. The highest BCUT2D eigenvalue weighted by atomic mass is 16.5. The van der Waals surface area contributed by atoms with Crippen LogP contribution in [0.5, 0.6) is 11.5 Å². The summed E-state index contributed by atoms with van der Waals surface area (Å²) in [5, 5.41) is 10.5. The highest BCUT2D eigenvalue weighted by Crippen LogP contribution is 2.31. The van der Waals surface area contributed by atoms with Gasteiger partial charge in [0, 0.05) is 30.4 Å². The SMILES string of the molecule is COc1ccc(OC)c(Nc2nc3ccc(-c4cccc(NC(C)=O)c4)cn3n2)c1. The first-order chi connectivity index (χ1) is 14.6. The van der Waals surface area contributed by atoms with E-state index < -0.39 is 0 Å². The average molecular weight is 403 g/mol. The molecule has 4 rings (SSSR count). The average Bonchev–Trinajstić information content (AvgIpc) is 3.14. The van der Waals surface area contributed by atoms with Crippen molar-refractivity contribution in [2.45, 2.75) is 6.92 Å². The lowest BCUT2D eigenvalue weighted by molar-refractivity contribution is -0.114. The number of carbonyl (C=O) groups is 1. The molecule has 0 radical (unpaired) electrons. The fourth-order valence-corrected chi connectivity index (χ4v) is 3.12. The van der Waals surface area contributed by atoms with Gasteiger partial charge in [0.05, 0.1) is 19.9 Å². The number of hydrogen-bond acceptors (Lipinski definition) is 6. The van der Waals surface area contributed by atoms with E-state index in [4.69, 9.17) is 9.47 Å². The summed E-state index contributed by atoms with van der Waals surface area (Å²) in [7, 11) is 3.21. The third-order valence-electron chi connectivity index (χ3n) is 4.50. The molecule has 0 unspecified atom stereocenters.